The molecule has 1 unspecified atom stereocenters. The van der Waals surface area contributed by atoms with Crippen molar-refractivity contribution in [1.29, 1.82) is 0 Å². The van der Waals surface area contributed by atoms with E-state index in [2.05, 4.69) is 28.8 Å². The molecule has 1 amide bonds. The van der Waals surface area contributed by atoms with E-state index in [0.29, 0.717) is 29.9 Å². The number of rotatable bonds is 14. The molecule has 0 spiro atoms. The van der Waals surface area contributed by atoms with Crippen LogP contribution in [0.3, 0.4) is 0 Å². The van der Waals surface area contributed by atoms with Gasteiger partial charge in [-0.1, -0.05) is 62.6 Å². The van der Waals surface area contributed by atoms with Gasteiger partial charge in [-0.05, 0) is 18.4 Å². The summed E-state index contributed by atoms with van der Waals surface area (Å²) in [6, 6.07) is 8.88. The standard InChI is InChI=1S/C28H42N5O4S/c1-5-6-7-11-17-36-27-26(30-38-31-27)23-15-12-16-33(4,20-23)21(2)37-25(34)19-32(3)28(35)24(29)18-22-13-9-8-10-14-22/h8-10,13-15,21,24H,5-7,11-12,16-20,29H2,1-4H3/q+1/t21-,24+,33?/m1/s1. The SMILES string of the molecule is CCCCCCOc1nsnc1C1=CCC[N+](C)([C@@H](C)OC(=O)CN(C)C(=O)[C@@H](N)Cc2ccccc2)C1. The Morgan fingerprint density at radius 1 is 1.18 bits per heavy atom. The molecule has 1 aliphatic rings. The molecule has 0 fully saturated rings. The molecule has 3 atom stereocenters. The molecule has 0 aliphatic carbocycles. The lowest BCUT2D eigenvalue weighted by Crippen LogP contribution is -2.56. The molecule has 9 nitrogen and oxygen atoms in total. The van der Waals surface area contributed by atoms with Crippen LogP contribution in [0.1, 0.15) is 57.2 Å². The lowest BCUT2D eigenvalue weighted by molar-refractivity contribution is -0.944. The molecule has 2 aromatic rings. The minimum atomic E-state index is -0.721. The van der Waals surface area contributed by atoms with Crippen LogP contribution in [0.4, 0.5) is 0 Å². The summed E-state index contributed by atoms with van der Waals surface area (Å²) in [7, 11) is 3.65. The lowest BCUT2D eigenvalue weighted by atomic mass is 10.0. The molecule has 2 heterocycles. The van der Waals surface area contributed by atoms with Crippen molar-refractivity contribution in [3.05, 3.63) is 47.7 Å². The fraction of sp³-hybridized carbons (Fsp3) is 0.571. The molecule has 208 valence electrons. The summed E-state index contributed by atoms with van der Waals surface area (Å²) in [6.45, 7) is 6.02. The number of carbonyl (C=O) groups excluding carboxylic acids is 2. The van der Waals surface area contributed by atoms with Gasteiger partial charge in [-0.2, -0.15) is 4.37 Å². The monoisotopic (exact) mass is 544 g/mol. The zero-order valence-electron chi connectivity index (χ0n) is 23.1. The Kier molecular flexibility index (Phi) is 11.2. The number of benzene rings is 1. The average molecular weight is 545 g/mol. The Morgan fingerprint density at radius 3 is 2.68 bits per heavy atom. The maximum Gasteiger partial charge on any atom is 0.330 e. The van der Waals surface area contributed by atoms with Crippen LogP contribution < -0.4 is 10.5 Å². The summed E-state index contributed by atoms with van der Waals surface area (Å²) in [4.78, 5) is 26.8. The predicted molar refractivity (Wildman–Crippen MR) is 149 cm³/mol. The Balaban J connectivity index is 1.52. The summed E-state index contributed by atoms with van der Waals surface area (Å²) < 4.78 is 21.2. The highest BCUT2D eigenvalue weighted by Crippen LogP contribution is 2.31. The van der Waals surface area contributed by atoms with Crippen LogP contribution in [-0.2, 0) is 20.7 Å². The Morgan fingerprint density at radius 2 is 1.95 bits per heavy atom. The summed E-state index contributed by atoms with van der Waals surface area (Å²) in [5.41, 5.74) is 8.93. The highest BCUT2D eigenvalue weighted by molar-refractivity contribution is 6.99. The number of amides is 1. The first-order chi connectivity index (χ1) is 18.2. The third kappa shape index (κ3) is 8.34. The van der Waals surface area contributed by atoms with Crippen molar-refractivity contribution >= 4 is 29.2 Å². The van der Waals surface area contributed by atoms with Crippen LogP contribution in [0, 0.1) is 0 Å². The van der Waals surface area contributed by atoms with E-state index in [4.69, 9.17) is 15.2 Å². The number of nitrogens with zero attached hydrogens (tertiary/aromatic N) is 4. The number of likely N-dealkylation sites (N-methyl/N-ethyl adjacent to an activating group) is 2. The van der Waals surface area contributed by atoms with Crippen molar-refractivity contribution in [3.8, 4) is 5.88 Å². The molecule has 1 aromatic heterocycles. The Labute approximate surface area is 230 Å². The van der Waals surface area contributed by atoms with Crippen molar-refractivity contribution in [2.24, 2.45) is 5.73 Å². The van der Waals surface area contributed by atoms with Gasteiger partial charge in [-0.25, -0.2) is 4.79 Å². The van der Waals surface area contributed by atoms with E-state index in [-0.39, 0.29) is 12.5 Å². The molecule has 0 radical (unpaired) electrons. The molecule has 2 N–H and O–H groups in total. The van der Waals surface area contributed by atoms with Crippen LogP contribution in [0.25, 0.3) is 5.57 Å². The third-order valence-electron chi connectivity index (χ3n) is 7.10. The van der Waals surface area contributed by atoms with Gasteiger partial charge in [0.05, 0.1) is 38.0 Å². The maximum absolute atomic E-state index is 12.8. The van der Waals surface area contributed by atoms with Crippen molar-refractivity contribution in [1.82, 2.24) is 13.6 Å². The molecule has 3 rings (SSSR count). The fourth-order valence-corrected chi connectivity index (χ4v) is 5.11. The third-order valence-corrected chi connectivity index (χ3v) is 7.61. The van der Waals surface area contributed by atoms with Gasteiger partial charge in [0.1, 0.15) is 18.8 Å². The zero-order valence-corrected chi connectivity index (χ0v) is 23.9. The fourth-order valence-electron chi connectivity index (χ4n) is 4.58. The minimum Gasteiger partial charge on any atom is -0.475 e. The molecule has 1 aromatic carbocycles. The van der Waals surface area contributed by atoms with Gasteiger partial charge in [-0.3, -0.25) is 9.28 Å². The van der Waals surface area contributed by atoms with E-state index in [0.717, 1.165) is 54.4 Å². The van der Waals surface area contributed by atoms with E-state index in [1.54, 1.807) is 7.05 Å². The molecular formula is C28H42N5O4S+. The Hall–Kier alpha value is -2.82. The second-order valence-corrected chi connectivity index (χ2v) is 10.8. The van der Waals surface area contributed by atoms with Crippen LogP contribution in [-0.4, -0.2) is 82.6 Å². The number of quaternary nitrogens is 1. The number of nitrogens with two attached hydrogens (primary N) is 1. The number of hydrogen-bond acceptors (Lipinski definition) is 8. The summed E-state index contributed by atoms with van der Waals surface area (Å²) >= 11 is 1.15. The van der Waals surface area contributed by atoms with Gasteiger partial charge in [0.25, 0.3) is 5.88 Å². The number of hydrogen-bond donors (Lipinski definition) is 1. The maximum atomic E-state index is 12.8. The van der Waals surface area contributed by atoms with Crippen molar-refractivity contribution in [2.75, 3.05) is 40.3 Å². The van der Waals surface area contributed by atoms with Gasteiger partial charge in [0.2, 0.25) is 12.1 Å². The molecule has 0 bridgehead atoms. The van der Waals surface area contributed by atoms with Crippen LogP contribution in [0.5, 0.6) is 5.88 Å². The molecule has 38 heavy (non-hydrogen) atoms. The quantitative estimate of drug-likeness (QED) is 0.220. The average Bonchev–Trinajstić information content (AvgIpc) is 3.37. The van der Waals surface area contributed by atoms with Gasteiger partial charge >= 0.3 is 5.97 Å². The van der Waals surface area contributed by atoms with Gasteiger partial charge < -0.3 is 20.1 Å². The summed E-state index contributed by atoms with van der Waals surface area (Å²) in [5.74, 6) is -0.162. The number of esters is 1. The molecule has 1 aliphatic heterocycles. The zero-order chi connectivity index (χ0) is 27.5. The second kappa shape index (κ2) is 14.4. The van der Waals surface area contributed by atoms with Crippen molar-refractivity contribution in [3.63, 3.8) is 0 Å². The first-order valence-corrected chi connectivity index (χ1v) is 14.2. The van der Waals surface area contributed by atoms with Gasteiger partial charge in [0.15, 0.2) is 0 Å². The van der Waals surface area contributed by atoms with Crippen molar-refractivity contribution in [2.45, 2.75) is 64.6 Å². The van der Waals surface area contributed by atoms with Crippen LogP contribution in [0.2, 0.25) is 0 Å². The first kappa shape index (κ1) is 29.7. The molecular weight excluding hydrogens is 502 g/mol. The number of unbranched alkanes of at least 4 members (excludes halogenated alkanes) is 3. The molecule has 0 saturated carbocycles. The largest absolute Gasteiger partial charge is 0.475 e. The van der Waals surface area contributed by atoms with E-state index in [1.807, 2.05) is 37.3 Å². The van der Waals surface area contributed by atoms with Gasteiger partial charge in [0, 0.05) is 26.0 Å². The second-order valence-electron chi connectivity index (χ2n) is 10.3. The topological polar surface area (TPSA) is 108 Å². The van der Waals surface area contributed by atoms with E-state index in [9.17, 15) is 9.59 Å². The summed E-state index contributed by atoms with van der Waals surface area (Å²) in [5, 5.41) is 0. The first-order valence-electron chi connectivity index (χ1n) is 13.5. The van der Waals surface area contributed by atoms with E-state index < -0.39 is 18.2 Å². The van der Waals surface area contributed by atoms with E-state index >= 15 is 0 Å². The Bertz CT molecular complexity index is 1080. The highest BCUT2D eigenvalue weighted by atomic mass is 32.1. The van der Waals surface area contributed by atoms with Crippen LogP contribution in [0.15, 0.2) is 36.4 Å². The number of aromatic nitrogens is 2. The predicted octanol–water partition coefficient (Wildman–Crippen LogP) is 3.65. The van der Waals surface area contributed by atoms with E-state index in [1.165, 1.54) is 17.7 Å². The minimum absolute atomic E-state index is 0.152. The molecule has 10 heteroatoms. The number of carbonyl (C=O) groups is 2. The summed E-state index contributed by atoms with van der Waals surface area (Å²) in [6.07, 6.45) is 7.54. The normalized spacial score (nSPS) is 18.8. The highest BCUT2D eigenvalue weighted by Gasteiger charge is 2.37. The van der Waals surface area contributed by atoms with Crippen LogP contribution >= 0.6 is 11.7 Å². The number of ether oxygens (including phenoxy) is 2. The smallest absolute Gasteiger partial charge is 0.330 e. The molecule has 0 saturated heterocycles. The lowest BCUT2D eigenvalue weighted by Gasteiger charge is -2.41. The van der Waals surface area contributed by atoms with Crippen molar-refractivity contribution < 1.29 is 23.5 Å². The van der Waals surface area contributed by atoms with Gasteiger partial charge in [-0.15, -0.1) is 4.37 Å².